The Labute approximate surface area is 119 Å². The van der Waals surface area contributed by atoms with Gasteiger partial charge in [0.25, 0.3) is 0 Å². The molecule has 2 amide bonds. The molecule has 1 aromatic heterocycles. The van der Waals surface area contributed by atoms with E-state index >= 15 is 0 Å². The van der Waals surface area contributed by atoms with Crippen molar-refractivity contribution in [1.82, 2.24) is 10.3 Å². The lowest BCUT2D eigenvalue weighted by Gasteiger charge is -2.34. The molecule has 20 heavy (non-hydrogen) atoms. The predicted octanol–water partition coefficient (Wildman–Crippen LogP) is 1.04. The van der Waals surface area contributed by atoms with E-state index in [1.54, 1.807) is 23.2 Å². The molecule has 3 N–H and O–H groups in total. The van der Waals surface area contributed by atoms with Gasteiger partial charge in [0, 0.05) is 0 Å². The number of fused-ring (bicyclic) bond motifs is 1. The van der Waals surface area contributed by atoms with Gasteiger partial charge in [0.2, 0.25) is 11.8 Å². The highest BCUT2D eigenvalue weighted by Gasteiger charge is 2.31. The Balaban J connectivity index is 2.10. The third kappa shape index (κ3) is 2.00. The molecule has 6 nitrogen and oxygen atoms in total. The first kappa shape index (κ1) is 12.9. The van der Waals surface area contributed by atoms with Gasteiger partial charge in [-0.25, -0.2) is 4.98 Å². The minimum atomic E-state index is -0.438. The fourth-order valence-corrected chi connectivity index (χ4v) is 3.21. The van der Waals surface area contributed by atoms with Crippen molar-refractivity contribution < 1.29 is 9.59 Å². The van der Waals surface area contributed by atoms with Crippen LogP contribution in [0.25, 0.3) is 10.2 Å². The van der Waals surface area contributed by atoms with Gasteiger partial charge in [-0.15, -0.1) is 11.3 Å². The number of nitrogen functional groups attached to an aromatic ring is 1. The third-order valence-electron chi connectivity index (χ3n) is 3.38. The van der Waals surface area contributed by atoms with Crippen LogP contribution in [0, 0.1) is 6.92 Å². The quantitative estimate of drug-likeness (QED) is 0.605. The van der Waals surface area contributed by atoms with Gasteiger partial charge in [0.15, 0.2) is 0 Å². The number of nitrogens with one attached hydrogen (secondary N) is 1. The number of piperazine rings is 1. The van der Waals surface area contributed by atoms with Crippen LogP contribution in [0.5, 0.6) is 0 Å². The average molecular weight is 290 g/mol. The summed E-state index contributed by atoms with van der Waals surface area (Å²) in [5.74, 6) is -0.628. The van der Waals surface area contributed by atoms with E-state index in [2.05, 4.69) is 10.3 Å². The highest BCUT2D eigenvalue weighted by Crippen LogP contribution is 2.33. The number of anilines is 2. The third-order valence-corrected chi connectivity index (χ3v) is 4.31. The Bertz CT molecular complexity index is 724. The van der Waals surface area contributed by atoms with Crippen molar-refractivity contribution in [1.29, 1.82) is 0 Å². The molecule has 0 saturated carbocycles. The maximum atomic E-state index is 11.7. The zero-order valence-electron chi connectivity index (χ0n) is 11.1. The summed E-state index contributed by atoms with van der Waals surface area (Å²) >= 11 is 1.57. The standard InChI is InChI=1S/C13H14N4O2S/c1-6-13(19)16-12(18)5-17(6)10-4-9-11(3-8(10)14)20-7(2)15-9/h3-4,6H,5,14H2,1-2H3,(H,16,18,19). The summed E-state index contributed by atoms with van der Waals surface area (Å²) in [6.07, 6.45) is 0. The second-order valence-corrected chi connectivity index (χ2v) is 6.06. The number of nitrogens with two attached hydrogens (primary N) is 1. The fraction of sp³-hybridized carbons (Fsp3) is 0.308. The number of hydrogen-bond donors (Lipinski definition) is 2. The molecule has 0 radical (unpaired) electrons. The van der Waals surface area contributed by atoms with Crippen LogP contribution in [0.4, 0.5) is 11.4 Å². The normalized spacial score (nSPS) is 19.5. The van der Waals surface area contributed by atoms with Crippen LogP contribution in [0.1, 0.15) is 11.9 Å². The topological polar surface area (TPSA) is 88.3 Å². The lowest BCUT2D eigenvalue weighted by molar-refractivity contribution is -0.132. The van der Waals surface area contributed by atoms with Crippen molar-refractivity contribution in [3.63, 3.8) is 0 Å². The Hall–Kier alpha value is -2.15. The van der Waals surface area contributed by atoms with E-state index in [0.717, 1.165) is 15.2 Å². The minimum Gasteiger partial charge on any atom is -0.397 e. The molecular formula is C13H14N4O2S. The zero-order valence-corrected chi connectivity index (χ0v) is 12.0. The molecule has 2 heterocycles. The van der Waals surface area contributed by atoms with Gasteiger partial charge < -0.3 is 10.6 Å². The van der Waals surface area contributed by atoms with Gasteiger partial charge in [0.1, 0.15) is 6.04 Å². The Morgan fingerprint density at radius 3 is 2.95 bits per heavy atom. The SMILES string of the molecule is Cc1nc2cc(N3CC(=O)NC(=O)C3C)c(N)cc2s1. The number of thiazole rings is 1. The molecular weight excluding hydrogens is 276 g/mol. The number of aryl methyl sites for hydroxylation is 1. The van der Waals surface area contributed by atoms with E-state index in [1.165, 1.54) is 0 Å². The first-order chi connectivity index (χ1) is 9.45. The number of carbonyl (C=O) groups excluding carboxylic acids is 2. The van der Waals surface area contributed by atoms with Gasteiger partial charge in [-0.2, -0.15) is 0 Å². The van der Waals surface area contributed by atoms with Crippen LogP contribution < -0.4 is 16.0 Å². The van der Waals surface area contributed by atoms with Gasteiger partial charge in [-0.1, -0.05) is 0 Å². The molecule has 1 saturated heterocycles. The minimum absolute atomic E-state index is 0.117. The van der Waals surface area contributed by atoms with Crippen molar-refractivity contribution in [2.45, 2.75) is 19.9 Å². The second-order valence-electron chi connectivity index (χ2n) is 4.83. The van der Waals surface area contributed by atoms with Crippen LogP contribution in [0.15, 0.2) is 12.1 Å². The molecule has 1 aliphatic heterocycles. The average Bonchev–Trinajstić information content (AvgIpc) is 2.72. The first-order valence-corrected chi connectivity index (χ1v) is 7.04. The van der Waals surface area contributed by atoms with Gasteiger partial charge in [0.05, 0.1) is 33.1 Å². The maximum Gasteiger partial charge on any atom is 0.249 e. The molecule has 1 aromatic carbocycles. The number of imide groups is 1. The van der Waals surface area contributed by atoms with Gasteiger partial charge >= 0.3 is 0 Å². The molecule has 3 rings (SSSR count). The largest absolute Gasteiger partial charge is 0.397 e. The number of aromatic nitrogens is 1. The smallest absolute Gasteiger partial charge is 0.249 e. The van der Waals surface area contributed by atoms with E-state index in [4.69, 9.17) is 5.73 Å². The first-order valence-electron chi connectivity index (χ1n) is 6.22. The summed E-state index contributed by atoms with van der Waals surface area (Å²) in [4.78, 5) is 29.4. The Morgan fingerprint density at radius 2 is 2.20 bits per heavy atom. The van der Waals surface area contributed by atoms with Crippen LogP contribution in [-0.4, -0.2) is 29.4 Å². The highest BCUT2D eigenvalue weighted by atomic mass is 32.1. The number of carbonyl (C=O) groups is 2. The molecule has 104 valence electrons. The van der Waals surface area contributed by atoms with Crippen molar-refractivity contribution in [2.24, 2.45) is 0 Å². The predicted molar refractivity (Wildman–Crippen MR) is 78.7 cm³/mol. The van der Waals surface area contributed by atoms with Crippen LogP contribution in [0.3, 0.4) is 0 Å². The summed E-state index contributed by atoms with van der Waals surface area (Å²) in [7, 11) is 0. The van der Waals surface area contributed by atoms with Crippen LogP contribution in [-0.2, 0) is 9.59 Å². The molecule has 1 fully saturated rings. The molecule has 2 aromatic rings. The van der Waals surface area contributed by atoms with Crippen LogP contribution >= 0.6 is 11.3 Å². The molecule has 1 aliphatic rings. The van der Waals surface area contributed by atoms with Crippen molar-refractivity contribution in [3.8, 4) is 0 Å². The molecule has 7 heteroatoms. The van der Waals surface area contributed by atoms with Gasteiger partial charge in [-0.05, 0) is 26.0 Å². The Morgan fingerprint density at radius 1 is 1.45 bits per heavy atom. The number of rotatable bonds is 1. The van der Waals surface area contributed by atoms with E-state index in [9.17, 15) is 9.59 Å². The highest BCUT2D eigenvalue weighted by molar-refractivity contribution is 7.18. The van der Waals surface area contributed by atoms with E-state index in [1.807, 2.05) is 19.1 Å². The molecule has 1 atom stereocenters. The number of nitrogens with zero attached hydrogens (tertiary/aromatic N) is 2. The van der Waals surface area contributed by atoms with Crippen molar-refractivity contribution in [3.05, 3.63) is 17.1 Å². The molecule has 0 aliphatic carbocycles. The van der Waals surface area contributed by atoms with E-state index in [0.29, 0.717) is 11.4 Å². The summed E-state index contributed by atoms with van der Waals surface area (Å²) in [5, 5.41) is 3.27. The Kier molecular flexibility index (Phi) is 2.86. The van der Waals surface area contributed by atoms with E-state index < -0.39 is 6.04 Å². The lowest BCUT2D eigenvalue weighted by atomic mass is 10.1. The zero-order chi connectivity index (χ0) is 14.4. The summed E-state index contributed by atoms with van der Waals surface area (Å²) < 4.78 is 1.00. The fourth-order valence-electron chi connectivity index (χ4n) is 2.35. The number of benzene rings is 1. The summed E-state index contributed by atoms with van der Waals surface area (Å²) in [6, 6.07) is 3.25. The number of amides is 2. The van der Waals surface area contributed by atoms with E-state index in [-0.39, 0.29) is 18.4 Å². The van der Waals surface area contributed by atoms with Crippen molar-refractivity contribution in [2.75, 3.05) is 17.2 Å². The lowest BCUT2D eigenvalue weighted by Crippen LogP contribution is -2.57. The number of hydrogen-bond acceptors (Lipinski definition) is 6. The maximum absolute atomic E-state index is 11.7. The molecule has 0 spiro atoms. The summed E-state index contributed by atoms with van der Waals surface area (Å²) in [5.41, 5.74) is 8.14. The monoisotopic (exact) mass is 290 g/mol. The second kappa shape index (κ2) is 4.45. The van der Waals surface area contributed by atoms with Crippen molar-refractivity contribution >= 4 is 44.7 Å². The van der Waals surface area contributed by atoms with Gasteiger partial charge in [-0.3, -0.25) is 14.9 Å². The van der Waals surface area contributed by atoms with Crippen LogP contribution in [0.2, 0.25) is 0 Å². The molecule has 0 bridgehead atoms. The molecule has 1 unspecified atom stereocenters. The summed E-state index contributed by atoms with van der Waals surface area (Å²) in [6.45, 7) is 3.80.